The highest BCUT2D eigenvalue weighted by Crippen LogP contribution is 2.34. The van der Waals surface area contributed by atoms with Crippen LogP contribution in [0.1, 0.15) is 54.6 Å². The highest BCUT2D eigenvalue weighted by molar-refractivity contribution is 5.22. The average molecular weight is 299 g/mol. The molecule has 1 saturated heterocycles. The summed E-state index contributed by atoms with van der Waals surface area (Å²) in [6.45, 7) is 2.13. The summed E-state index contributed by atoms with van der Waals surface area (Å²) in [6, 6.07) is 2.59. The van der Waals surface area contributed by atoms with Crippen molar-refractivity contribution in [1.82, 2.24) is 24.2 Å². The van der Waals surface area contributed by atoms with Crippen LogP contribution in [0.4, 0.5) is 0 Å². The lowest BCUT2D eigenvalue weighted by Gasteiger charge is -2.24. The van der Waals surface area contributed by atoms with Crippen molar-refractivity contribution in [3.8, 4) is 0 Å². The summed E-state index contributed by atoms with van der Waals surface area (Å²) in [6.07, 6.45) is 9.36. The van der Waals surface area contributed by atoms with Crippen LogP contribution in [0.5, 0.6) is 0 Å². The Labute approximate surface area is 131 Å². The molecule has 1 aliphatic carbocycles. The van der Waals surface area contributed by atoms with Gasteiger partial charge in [0, 0.05) is 32.5 Å². The van der Waals surface area contributed by atoms with Crippen molar-refractivity contribution in [3.63, 3.8) is 0 Å². The first-order valence-electron chi connectivity index (χ1n) is 8.49. The number of rotatable bonds is 3. The van der Waals surface area contributed by atoms with Gasteiger partial charge in [0.05, 0.1) is 17.4 Å². The number of nitrogens with zero attached hydrogens (tertiary/aromatic N) is 5. The Morgan fingerprint density at radius 3 is 2.82 bits per heavy atom. The van der Waals surface area contributed by atoms with Crippen LogP contribution in [0, 0.1) is 0 Å². The zero-order valence-electron chi connectivity index (χ0n) is 13.6. The van der Waals surface area contributed by atoms with E-state index in [0.29, 0.717) is 6.04 Å². The predicted molar refractivity (Wildman–Crippen MR) is 85.4 cm³/mol. The van der Waals surface area contributed by atoms with Gasteiger partial charge in [-0.05, 0) is 51.1 Å². The Morgan fingerprint density at radius 1 is 1.18 bits per heavy atom. The fourth-order valence-electron chi connectivity index (χ4n) is 4.08. The largest absolute Gasteiger partial charge is 0.334 e. The van der Waals surface area contributed by atoms with Crippen LogP contribution in [0.2, 0.25) is 0 Å². The lowest BCUT2D eigenvalue weighted by molar-refractivity contribution is 0.230. The van der Waals surface area contributed by atoms with E-state index >= 15 is 0 Å². The molecule has 4 rings (SSSR count). The van der Waals surface area contributed by atoms with Gasteiger partial charge in [-0.1, -0.05) is 0 Å². The molecule has 1 fully saturated rings. The standard InChI is InChI=1S/C17H25N5/c1-20-15-7-4-3-6-14(15)19-17(20)16-8-5-11-22(16)12-13-9-10-18-21(13)2/h9-10,16H,3-8,11-12H2,1-2H3/t16-/m0/s1. The smallest absolute Gasteiger partial charge is 0.126 e. The van der Waals surface area contributed by atoms with Gasteiger partial charge < -0.3 is 4.57 Å². The van der Waals surface area contributed by atoms with E-state index in [2.05, 4.69) is 27.7 Å². The molecule has 0 saturated carbocycles. The Bertz CT molecular complexity index is 669. The summed E-state index contributed by atoms with van der Waals surface area (Å²) in [5.74, 6) is 1.28. The Balaban J connectivity index is 1.61. The predicted octanol–water partition coefficient (Wildman–Crippen LogP) is 2.37. The molecule has 0 aromatic carbocycles. The zero-order chi connectivity index (χ0) is 15.1. The van der Waals surface area contributed by atoms with E-state index in [0.717, 1.165) is 19.5 Å². The van der Waals surface area contributed by atoms with Gasteiger partial charge in [0.25, 0.3) is 0 Å². The quantitative estimate of drug-likeness (QED) is 0.873. The van der Waals surface area contributed by atoms with Crippen LogP contribution in [0.15, 0.2) is 12.3 Å². The van der Waals surface area contributed by atoms with Crippen LogP contribution in [-0.4, -0.2) is 30.8 Å². The fourth-order valence-corrected chi connectivity index (χ4v) is 4.08. The fraction of sp³-hybridized carbons (Fsp3) is 0.647. The lowest BCUT2D eigenvalue weighted by Crippen LogP contribution is -2.26. The molecule has 0 unspecified atom stereocenters. The maximum Gasteiger partial charge on any atom is 0.126 e. The number of likely N-dealkylation sites (tertiary alicyclic amines) is 1. The second-order valence-electron chi connectivity index (χ2n) is 6.70. The molecule has 0 spiro atoms. The minimum Gasteiger partial charge on any atom is -0.334 e. The van der Waals surface area contributed by atoms with E-state index in [1.165, 1.54) is 55.0 Å². The molecular weight excluding hydrogens is 274 g/mol. The minimum atomic E-state index is 0.463. The third-order valence-corrected chi connectivity index (χ3v) is 5.36. The van der Waals surface area contributed by atoms with Crippen molar-refractivity contribution < 1.29 is 0 Å². The monoisotopic (exact) mass is 299 g/mol. The van der Waals surface area contributed by atoms with Crippen molar-refractivity contribution in [1.29, 1.82) is 0 Å². The van der Waals surface area contributed by atoms with E-state index in [-0.39, 0.29) is 0 Å². The molecule has 2 aromatic rings. The van der Waals surface area contributed by atoms with Crippen molar-refractivity contribution in [2.75, 3.05) is 6.54 Å². The Morgan fingerprint density at radius 2 is 2.05 bits per heavy atom. The molecular formula is C17H25N5. The number of aryl methyl sites for hydroxylation is 2. The molecule has 118 valence electrons. The lowest BCUT2D eigenvalue weighted by atomic mass is 10.0. The van der Waals surface area contributed by atoms with Gasteiger partial charge in [0.15, 0.2) is 0 Å². The molecule has 1 aliphatic heterocycles. The summed E-state index contributed by atoms with van der Waals surface area (Å²) in [5.41, 5.74) is 4.12. The van der Waals surface area contributed by atoms with E-state index in [9.17, 15) is 0 Å². The van der Waals surface area contributed by atoms with Gasteiger partial charge >= 0.3 is 0 Å². The van der Waals surface area contributed by atoms with Crippen LogP contribution in [0.25, 0.3) is 0 Å². The SMILES string of the molecule is Cn1nccc1CN1CCC[C@H]1c1nc2c(n1C)CCCC2. The number of aromatic nitrogens is 4. The molecule has 5 nitrogen and oxygen atoms in total. The van der Waals surface area contributed by atoms with Gasteiger partial charge in [0.1, 0.15) is 5.82 Å². The third kappa shape index (κ3) is 2.28. The van der Waals surface area contributed by atoms with Gasteiger partial charge in [-0.2, -0.15) is 5.10 Å². The van der Waals surface area contributed by atoms with Crippen molar-refractivity contribution in [2.24, 2.45) is 14.1 Å². The molecule has 0 radical (unpaired) electrons. The Kier molecular flexibility index (Phi) is 3.53. The highest BCUT2D eigenvalue weighted by Gasteiger charge is 2.31. The van der Waals surface area contributed by atoms with Crippen LogP contribution in [0.3, 0.4) is 0 Å². The summed E-state index contributed by atoms with van der Waals surface area (Å²) < 4.78 is 4.37. The van der Waals surface area contributed by atoms with Crippen molar-refractivity contribution in [2.45, 2.75) is 51.1 Å². The van der Waals surface area contributed by atoms with Gasteiger partial charge in [-0.15, -0.1) is 0 Å². The Hall–Kier alpha value is -1.62. The van der Waals surface area contributed by atoms with Crippen molar-refractivity contribution >= 4 is 0 Å². The van der Waals surface area contributed by atoms with E-state index in [1.54, 1.807) is 0 Å². The van der Waals surface area contributed by atoms with Gasteiger partial charge in [0.2, 0.25) is 0 Å². The first kappa shape index (κ1) is 14.0. The number of hydrogen-bond acceptors (Lipinski definition) is 3. The van der Waals surface area contributed by atoms with Crippen LogP contribution < -0.4 is 0 Å². The maximum absolute atomic E-state index is 5.03. The molecule has 0 bridgehead atoms. The molecule has 22 heavy (non-hydrogen) atoms. The van der Waals surface area contributed by atoms with Crippen LogP contribution in [-0.2, 0) is 33.5 Å². The number of hydrogen-bond donors (Lipinski definition) is 0. The minimum absolute atomic E-state index is 0.463. The number of imidazole rings is 1. The molecule has 2 aliphatic rings. The van der Waals surface area contributed by atoms with Crippen molar-refractivity contribution in [3.05, 3.63) is 35.2 Å². The summed E-state index contributed by atoms with van der Waals surface area (Å²) in [4.78, 5) is 7.61. The normalized spacial score (nSPS) is 22.2. The zero-order valence-corrected chi connectivity index (χ0v) is 13.6. The molecule has 3 heterocycles. The maximum atomic E-state index is 5.03. The third-order valence-electron chi connectivity index (χ3n) is 5.36. The summed E-state index contributed by atoms with van der Waals surface area (Å²) >= 11 is 0. The second-order valence-corrected chi connectivity index (χ2v) is 6.70. The first-order chi connectivity index (χ1) is 10.7. The molecule has 0 N–H and O–H groups in total. The van der Waals surface area contributed by atoms with E-state index < -0.39 is 0 Å². The summed E-state index contributed by atoms with van der Waals surface area (Å²) in [5, 5.41) is 4.30. The molecule has 0 amide bonds. The van der Waals surface area contributed by atoms with Gasteiger partial charge in [-0.25, -0.2) is 4.98 Å². The summed E-state index contributed by atoms with van der Waals surface area (Å²) in [7, 11) is 4.24. The first-order valence-corrected chi connectivity index (χ1v) is 8.49. The topological polar surface area (TPSA) is 38.9 Å². The molecule has 5 heteroatoms. The van der Waals surface area contributed by atoms with E-state index in [4.69, 9.17) is 4.98 Å². The molecule has 1 atom stereocenters. The average Bonchev–Trinajstić information content (AvgIpc) is 3.21. The highest BCUT2D eigenvalue weighted by atomic mass is 15.3. The van der Waals surface area contributed by atoms with Gasteiger partial charge in [-0.3, -0.25) is 9.58 Å². The van der Waals surface area contributed by atoms with Crippen LogP contribution >= 0.6 is 0 Å². The number of fused-ring (bicyclic) bond motifs is 1. The van der Waals surface area contributed by atoms with E-state index in [1.807, 2.05) is 17.9 Å². The molecule has 2 aromatic heterocycles. The second kappa shape index (κ2) is 5.54.